The lowest BCUT2D eigenvalue weighted by molar-refractivity contribution is 0.905. The minimum Gasteiger partial charge on any atom is -0.348 e. The molecule has 2 rings (SSSR count). The van der Waals surface area contributed by atoms with Gasteiger partial charge in [-0.2, -0.15) is 0 Å². The predicted octanol–water partition coefficient (Wildman–Crippen LogP) is 5.82. The third kappa shape index (κ3) is 4.12. The van der Waals surface area contributed by atoms with Gasteiger partial charge < -0.3 is 4.57 Å². The molecule has 0 aliphatic heterocycles. The molecule has 0 radical (unpaired) electrons. The van der Waals surface area contributed by atoms with Crippen LogP contribution < -0.4 is 0 Å². The summed E-state index contributed by atoms with van der Waals surface area (Å²) in [6, 6.07) is 8.55. The van der Waals surface area contributed by atoms with Crippen molar-refractivity contribution < 1.29 is 0 Å². The van der Waals surface area contributed by atoms with E-state index < -0.39 is 0 Å². The van der Waals surface area contributed by atoms with Gasteiger partial charge in [-0.15, -0.1) is 0 Å². The molecular formula is C19H29N. The van der Waals surface area contributed by atoms with Crippen molar-refractivity contribution in [2.75, 3.05) is 0 Å². The van der Waals surface area contributed by atoms with Crippen LogP contribution >= 0.6 is 0 Å². The van der Waals surface area contributed by atoms with Crippen LogP contribution in [0.5, 0.6) is 0 Å². The van der Waals surface area contributed by atoms with E-state index >= 15 is 0 Å². The number of hydrogen-bond donors (Lipinski definition) is 0. The first-order chi connectivity index (χ1) is 9.75. The quantitative estimate of drug-likeness (QED) is 0.619. The van der Waals surface area contributed by atoms with E-state index in [9.17, 15) is 0 Å². The number of benzene rings is 1. The van der Waals surface area contributed by atoms with Crippen LogP contribution in [0.2, 0.25) is 0 Å². The molecule has 1 aromatic carbocycles. The Bertz CT molecular complexity index is 544. The smallest absolute Gasteiger partial charge is 0.0482 e. The summed E-state index contributed by atoms with van der Waals surface area (Å²) < 4.78 is 2.26. The van der Waals surface area contributed by atoms with E-state index in [1.807, 2.05) is 39.8 Å². The zero-order valence-electron chi connectivity index (χ0n) is 13.9. The Kier molecular flexibility index (Phi) is 9.19. The molecule has 1 heterocycles. The maximum Gasteiger partial charge on any atom is 0.0482 e. The van der Waals surface area contributed by atoms with Crippen LogP contribution in [0.1, 0.15) is 39.0 Å². The summed E-state index contributed by atoms with van der Waals surface area (Å²) in [5.41, 5.74) is 4.06. The number of nitrogens with zero attached hydrogens (tertiary/aromatic N) is 1. The monoisotopic (exact) mass is 271 g/mol. The topological polar surface area (TPSA) is 4.93 Å². The number of rotatable bonds is 3. The highest BCUT2D eigenvalue weighted by Crippen LogP contribution is 2.25. The summed E-state index contributed by atoms with van der Waals surface area (Å²) in [7, 11) is 2.12. The zero-order chi connectivity index (χ0) is 15.5. The highest BCUT2D eigenvalue weighted by atomic mass is 14.9. The van der Waals surface area contributed by atoms with Gasteiger partial charge in [0.15, 0.2) is 0 Å². The maximum absolute atomic E-state index is 3.69. The molecule has 0 aliphatic rings. The first-order valence-electron chi connectivity index (χ1n) is 7.56. The van der Waals surface area contributed by atoms with Crippen molar-refractivity contribution >= 4 is 10.9 Å². The number of hydrogen-bond acceptors (Lipinski definition) is 0. The van der Waals surface area contributed by atoms with Crippen molar-refractivity contribution in [3.05, 3.63) is 60.3 Å². The molecule has 0 atom stereocenters. The van der Waals surface area contributed by atoms with Crippen LogP contribution in [-0.4, -0.2) is 4.57 Å². The second kappa shape index (κ2) is 10.1. The molecule has 0 amide bonds. The van der Waals surface area contributed by atoms with Gasteiger partial charge in [0.25, 0.3) is 0 Å². The summed E-state index contributed by atoms with van der Waals surface area (Å²) in [4.78, 5) is 0. The minimum atomic E-state index is 0.971. The van der Waals surface area contributed by atoms with Crippen molar-refractivity contribution in [1.82, 2.24) is 4.57 Å². The molecule has 110 valence electrons. The molecule has 0 saturated carbocycles. The van der Waals surface area contributed by atoms with E-state index in [4.69, 9.17) is 0 Å². The summed E-state index contributed by atoms with van der Waals surface area (Å²) >= 11 is 0. The van der Waals surface area contributed by atoms with Crippen LogP contribution in [0, 0.1) is 6.92 Å². The van der Waals surface area contributed by atoms with Gasteiger partial charge in [0.05, 0.1) is 0 Å². The highest BCUT2D eigenvalue weighted by Gasteiger charge is 2.09. The van der Waals surface area contributed by atoms with Crippen molar-refractivity contribution in [3.63, 3.8) is 0 Å². The van der Waals surface area contributed by atoms with Crippen LogP contribution in [0.15, 0.2) is 49.1 Å². The number of fused-ring (bicyclic) bond motifs is 1. The molecule has 1 heteroatoms. The first-order valence-corrected chi connectivity index (χ1v) is 7.56. The Hall–Kier alpha value is -1.76. The third-order valence-corrected chi connectivity index (χ3v) is 3.12. The van der Waals surface area contributed by atoms with Gasteiger partial charge in [-0.3, -0.25) is 0 Å². The molecule has 20 heavy (non-hydrogen) atoms. The van der Waals surface area contributed by atoms with Crippen molar-refractivity contribution in [2.45, 2.75) is 41.0 Å². The highest BCUT2D eigenvalue weighted by molar-refractivity contribution is 5.85. The third-order valence-electron chi connectivity index (χ3n) is 3.12. The van der Waals surface area contributed by atoms with Gasteiger partial charge in [-0.05, 0) is 25.0 Å². The number of aryl methyl sites for hydroxylation is 1. The van der Waals surface area contributed by atoms with Gasteiger partial charge in [-0.1, -0.05) is 70.7 Å². The molecule has 0 saturated heterocycles. The molecule has 1 nitrogen and oxygen atoms in total. The molecular weight excluding hydrogens is 242 g/mol. The van der Waals surface area contributed by atoms with Gasteiger partial charge in [0, 0.05) is 23.6 Å². The fourth-order valence-electron chi connectivity index (χ4n) is 2.14. The van der Waals surface area contributed by atoms with Crippen molar-refractivity contribution in [2.24, 2.45) is 7.05 Å². The summed E-state index contributed by atoms with van der Waals surface area (Å²) in [6.07, 6.45) is 6.95. The van der Waals surface area contributed by atoms with Crippen LogP contribution in [0.25, 0.3) is 10.9 Å². The number of aromatic nitrogens is 1. The second-order valence-corrected chi connectivity index (χ2v) is 4.01. The largest absolute Gasteiger partial charge is 0.348 e. The SMILES string of the molecule is C=CC=CCc1c(C)n(C)c2ccccc12.CC.CC. The Morgan fingerprint density at radius 2 is 1.70 bits per heavy atom. The lowest BCUT2D eigenvalue weighted by Crippen LogP contribution is -1.91. The fraction of sp³-hybridized carbons (Fsp3) is 0.368. The van der Waals surface area contributed by atoms with Gasteiger partial charge in [-0.25, -0.2) is 0 Å². The number of para-hydroxylation sites is 1. The maximum atomic E-state index is 3.69. The van der Waals surface area contributed by atoms with E-state index in [2.05, 4.69) is 55.5 Å². The summed E-state index contributed by atoms with van der Waals surface area (Å²) in [5.74, 6) is 0. The van der Waals surface area contributed by atoms with Crippen LogP contribution in [-0.2, 0) is 13.5 Å². The molecule has 0 bridgehead atoms. The van der Waals surface area contributed by atoms with E-state index in [1.165, 1.54) is 22.2 Å². The van der Waals surface area contributed by atoms with E-state index in [1.54, 1.807) is 0 Å². The van der Waals surface area contributed by atoms with E-state index in [0.717, 1.165) is 6.42 Å². The first kappa shape index (κ1) is 18.2. The normalized spacial score (nSPS) is 9.70. The van der Waals surface area contributed by atoms with Crippen LogP contribution in [0.3, 0.4) is 0 Å². The van der Waals surface area contributed by atoms with Gasteiger partial charge in [0.2, 0.25) is 0 Å². The van der Waals surface area contributed by atoms with Gasteiger partial charge >= 0.3 is 0 Å². The average molecular weight is 271 g/mol. The Labute approximate surface area is 124 Å². The molecule has 0 unspecified atom stereocenters. The molecule has 0 fully saturated rings. The molecule has 2 aromatic rings. The molecule has 0 spiro atoms. The molecule has 0 N–H and O–H groups in total. The van der Waals surface area contributed by atoms with Crippen molar-refractivity contribution in [1.29, 1.82) is 0 Å². The standard InChI is InChI=1S/C15H17N.2C2H6/c1-4-5-6-9-13-12(2)16(3)15-11-8-7-10-14(13)15;2*1-2/h4-8,10-11H,1,9H2,2-3H3;2*1-2H3. The lowest BCUT2D eigenvalue weighted by Gasteiger charge is -1.98. The Morgan fingerprint density at radius 1 is 1.10 bits per heavy atom. The average Bonchev–Trinajstić information content (AvgIpc) is 2.77. The molecule has 0 aliphatic carbocycles. The van der Waals surface area contributed by atoms with E-state index in [-0.39, 0.29) is 0 Å². The predicted molar refractivity (Wildman–Crippen MR) is 93.4 cm³/mol. The van der Waals surface area contributed by atoms with Gasteiger partial charge in [0.1, 0.15) is 0 Å². The van der Waals surface area contributed by atoms with Crippen molar-refractivity contribution in [3.8, 4) is 0 Å². The fourth-order valence-corrected chi connectivity index (χ4v) is 2.14. The summed E-state index contributed by atoms with van der Waals surface area (Å²) in [5, 5.41) is 1.36. The molecule has 1 aromatic heterocycles. The number of allylic oxidation sites excluding steroid dienone is 3. The summed E-state index contributed by atoms with van der Waals surface area (Å²) in [6.45, 7) is 13.9. The Balaban J connectivity index is 0.000000829. The zero-order valence-corrected chi connectivity index (χ0v) is 13.9. The lowest BCUT2D eigenvalue weighted by atomic mass is 10.1. The van der Waals surface area contributed by atoms with Crippen LogP contribution in [0.4, 0.5) is 0 Å². The minimum absolute atomic E-state index is 0.971. The second-order valence-electron chi connectivity index (χ2n) is 4.01. The van der Waals surface area contributed by atoms with E-state index in [0.29, 0.717) is 0 Å². The Morgan fingerprint density at radius 3 is 2.30 bits per heavy atom.